The molecule has 0 amide bonds. The fourth-order valence-electron chi connectivity index (χ4n) is 7.77. The van der Waals surface area contributed by atoms with Crippen LogP contribution in [0.25, 0.3) is 11.8 Å². The molecule has 1 spiro atoms. The Kier molecular flexibility index (Phi) is 6.67. The van der Waals surface area contributed by atoms with Crippen LogP contribution in [0.1, 0.15) is 66.6 Å². The zero-order valence-electron chi connectivity index (χ0n) is 24.6. The van der Waals surface area contributed by atoms with E-state index in [1.54, 1.807) is 18.2 Å². The number of aromatic nitrogens is 3. The van der Waals surface area contributed by atoms with Gasteiger partial charge in [0, 0.05) is 98.3 Å². The first-order valence-corrected chi connectivity index (χ1v) is 15.2. The van der Waals surface area contributed by atoms with Crippen molar-refractivity contribution in [3.63, 3.8) is 0 Å². The second kappa shape index (κ2) is 10.3. The van der Waals surface area contributed by atoms with E-state index in [0.29, 0.717) is 28.4 Å². The summed E-state index contributed by atoms with van der Waals surface area (Å²) in [7, 11) is 1.82. The molecular formula is C32H42N8O2. The predicted molar refractivity (Wildman–Crippen MR) is 165 cm³/mol. The molecule has 0 bridgehead atoms. The lowest BCUT2D eigenvalue weighted by Crippen LogP contribution is -2.66. The standard InChI is InChI=1S/C32H42N8O2/c1-20-28-24(13-25(33)23-5-3-4-6-27(23)41)29(34)38-26(28)7-10-40(20)30-36-16-21(17-37-30)32(42-2)8-11-39(12-9-32)22-14-31(15-22)18-35-19-31/h3-6,13,16-17,20,22,35,38,41H,7-12,14-15,18-19,33-34H2,1-2H3/b25-13-. The molecular weight excluding hydrogens is 528 g/mol. The molecule has 1 atom stereocenters. The SMILES string of the molecule is COC1(c2cnc(N3CCc4[nH]c(N)c(/C=C(\N)c5ccccc5O)c4C3C)nc2)CCN(C2CC3(CNC3)C2)CC1. The highest BCUT2D eigenvalue weighted by Crippen LogP contribution is 2.48. The number of nitrogen functional groups attached to an aromatic ring is 1. The number of rotatable bonds is 6. The van der Waals surface area contributed by atoms with Crippen molar-refractivity contribution < 1.29 is 9.84 Å². The molecule has 3 fully saturated rings. The Hall–Kier alpha value is -3.60. The van der Waals surface area contributed by atoms with Gasteiger partial charge in [0.05, 0.1) is 11.6 Å². The van der Waals surface area contributed by atoms with Gasteiger partial charge >= 0.3 is 0 Å². The molecule has 7 rings (SSSR count). The maximum atomic E-state index is 10.3. The summed E-state index contributed by atoms with van der Waals surface area (Å²) in [6.07, 6.45) is 11.1. The Morgan fingerprint density at radius 3 is 2.48 bits per heavy atom. The Labute approximate surface area is 247 Å². The number of anilines is 2. The van der Waals surface area contributed by atoms with Crippen LogP contribution in [0.15, 0.2) is 36.7 Å². The van der Waals surface area contributed by atoms with E-state index in [-0.39, 0.29) is 17.4 Å². The molecule has 1 aliphatic carbocycles. The third-order valence-corrected chi connectivity index (χ3v) is 10.5. The summed E-state index contributed by atoms with van der Waals surface area (Å²) in [5.41, 5.74) is 18.2. The van der Waals surface area contributed by atoms with E-state index in [0.717, 1.165) is 67.3 Å². The number of hydrogen-bond donors (Lipinski definition) is 5. The van der Waals surface area contributed by atoms with Gasteiger partial charge in [-0.05, 0) is 56.2 Å². The lowest BCUT2D eigenvalue weighted by molar-refractivity contribution is -0.0993. The number of piperidine rings is 1. The molecule has 10 heteroatoms. The smallest absolute Gasteiger partial charge is 0.225 e. The number of ether oxygens (including phenoxy) is 1. The van der Waals surface area contributed by atoms with Crippen LogP contribution >= 0.6 is 0 Å². The zero-order chi connectivity index (χ0) is 29.1. The first-order chi connectivity index (χ1) is 20.3. The number of fused-ring (bicyclic) bond motifs is 1. The van der Waals surface area contributed by atoms with Crippen LogP contribution < -0.4 is 21.7 Å². The molecule has 1 unspecified atom stereocenters. The van der Waals surface area contributed by atoms with Crippen molar-refractivity contribution in [3.05, 3.63) is 64.6 Å². The summed E-state index contributed by atoms with van der Waals surface area (Å²) in [5.74, 6) is 1.40. The second-order valence-corrected chi connectivity index (χ2v) is 12.8. The summed E-state index contributed by atoms with van der Waals surface area (Å²) in [5, 5.41) is 13.7. The monoisotopic (exact) mass is 570 g/mol. The summed E-state index contributed by atoms with van der Waals surface area (Å²) < 4.78 is 6.19. The summed E-state index contributed by atoms with van der Waals surface area (Å²) >= 11 is 0. The number of methoxy groups -OCH3 is 1. The van der Waals surface area contributed by atoms with Gasteiger partial charge in [0.15, 0.2) is 0 Å². The van der Waals surface area contributed by atoms with Gasteiger partial charge in [0.1, 0.15) is 11.6 Å². The number of phenols is 1. The molecule has 1 aromatic carbocycles. The molecule has 2 saturated heterocycles. The number of likely N-dealkylation sites (tertiary alicyclic amines) is 1. The number of nitrogens with zero attached hydrogens (tertiary/aromatic N) is 4. The van der Waals surface area contributed by atoms with Crippen molar-refractivity contribution in [3.8, 4) is 5.75 Å². The largest absolute Gasteiger partial charge is 0.507 e. The van der Waals surface area contributed by atoms with Crippen LogP contribution in [0.2, 0.25) is 0 Å². The van der Waals surface area contributed by atoms with E-state index in [4.69, 9.17) is 26.2 Å². The van der Waals surface area contributed by atoms with E-state index in [1.165, 1.54) is 25.9 Å². The second-order valence-electron chi connectivity index (χ2n) is 12.8. The van der Waals surface area contributed by atoms with Crippen LogP contribution in [-0.2, 0) is 16.8 Å². The van der Waals surface area contributed by atoms with Crippen molar-refractivity contribution in [2.24, 2.45) is 11.1 Å². The van der Waals surface area contributed by atoms with Gasteiger partial charge in [-0.15, -0.1) is 0 Å². The normalized spacial score (nSPS) is 23.8. The fraction of sp³-hybridized carbons (Fsp3) is 0.500. The number of hydrogen-bond acceptors (Lipinski definition) is 9. The van der Waals surface area contributed by atoms with Crippen LogP contribution in [0, 0.1) is 5.41 Å². The van der Waals surface area contributed by atoms with Gasteiger partial charge in [-0.2, -0.15) is 0 Å². The van der Waals surface area contributed by atoms with Crippen molar-refractivity contribution >= 4 is 23.5 Å². The summed E-state index contributed by atoms with van der Waals surface area (Å²) in [6.45, 7) is 7.40. The molecule has 7 N–H and O–H groups in total. The first kappa shape index (κ1) is 27.2. The lowest BCUT2D eigenvalue weighted by atomic mass is 9.61. The Bertz CT molecular complexity index is 1480. The van der Waals surface area contributed by atoms with E-state index < -0.39 is 0 Å². The van der Waals surface area contributed by atoms with Crippen molar-refractivity contribution in [2.75, 3.05) is 50.5 Å². The maximum absolute atomic E-state index is 10.3. The quantitative estimate of drug-likeness (QED) is 0.302. The predicted octanol–water partition coefficient (Wildman–Crippen LogP) is 3.36. The van der Waals surface area contributed by atoms with Gasteiger partial charge in [-0.25, -0.2) is 9.97 Å². The average molecular weight is 571 g/mol. The Morgan fingerprint density at radius 1 is 1.12 bits per heavy atom. The third-order valence-electron chi connectivity index (χ3n) is 10.5. The number of nitrogens with one attached hydrogen (secondary N) is 2. The number of phenolic OH excluding ortho intramolecular Hbond substituents is 1. The van der Waals surface area contributed by atoms with Crippen LogP contribution in [0.4, 0.5) is 11.8 Å². The Balaban J connectivity index is 1.07. The number of nitrogens with two attached hydrogens (primary N) is 2. The van der Waals surface area contributed by atoms with Crippen molar-refractivity contribution in [2.45, 2.75) is 56.7 Å². The maximum Gasteiger partial charge on any atom is 0.225 e. The average Bonchev–Trinajstić information content (AvgIpc) is 3.28. The van der Waals surface area contributed by atoms with Gasteiger partial charge in [0.2, 0.25) is 5.95 Å². The zero-order valence-corrected chi connectivity index (χ0v) is 24.6. The van der Waals surface area contributed by atoms with Gasteiger partial charge in [-0.3, -0.25) is 0 Å². The third kappa shape index (κ3) is 4.44. The minimum absolute atomic E-state index is 0.0205. The van der Waals surface area contributed by atoms with E-state index >= 15 is 0 Å². The highest BCUT2D eigenvalue weighted by Gasteiger charge is 2.51. The molecule has 222 valence electrons. The van der Waals surface area contributed by atoms with Crippen LogP contribution in [0.3, 0.4) is 0 Å². The number of para-hydroxylation sites is 1. The molecule has 4 aliphatic rings. The molecule has 0 radical (unpaired) electrons. The molecule has 5 heterocycles. The summed E-state index contributed by atoms with van der Waals surface area (Å²) in [4.78, 5) is 18.0. The molecule has 42 heavy (non-hydrogen) atoms. The number of aromatic hydroxyl groups is 1. The van der Waals surface area contributed by atoms with Crippen molar-refractivity contribution in [1.29, 1.82) is 0 Å². The van der Waals surface area contributed by atoms with E-state index in [1.807, 2.05) is 31.6 Å². The van der Waals surface area contributed by atoms with E-state index in [2.05, 4.69) is 27.0 Å². The molecule has 10 nitrogen and oxygen atoms in total. The van der Waals surface area contributed by atoms with Gasteiger partial charge < -0.3 is 41.4 Å². The number of aromatic amines is 1. The van der Waals surface area contributed by atoms with Gasteiger partial charge in [-0.1, -0.05) is 12.1 Å². The Morgan fingerprint density at radius 2 is 1.83 bits per heavy atom. The van der Waals surface area contributed by atoms with Crippen molar-refractivity contribution in [1.82, 2.24) is 25.2 Å². The fourth-order valence-corrected chi connectivity index (χ4v) is 7.77. The topological polar surface area (TPSA) is 142 Å². The van der Waals surface area contributed by atoms with Gasteiger partial charge in [0.25, 0.3) is 0 Å². The molecule has 1 saturated carbocycles. The minimum atomic E-state index is -0.344. The molecule has 2 aromatic heterocycles. The summed E-state index contributed by atoms with van der Waals surface area (Å²) in [6, 6.07) is 7.76. The first-order valence-electron chi connectivity index (χ1n) is 15.2. The number of benzene rings is 1. The minimum Gasteiger partial charge on any atom is -0.507 e. The number of H-pyrrole nitrogens is 1. The molecule has 3 aromatic rings. The highest BCUT2D eigenvalue weighted by molar-refractivity contribution is 5.86. The molecule has 3 aliphatic heterocycles. The highest BCUT2D eigenvalue weighted by atomic mass is 16.5. The van der Waals surface area contributed by atoms with Crippen LogP contribution in [-0.4, -0.2) is 70.8 Å². The van der Waals surface area contributed by atoms with Crippen LogP contribution in [0.5, 0.6) is 5.75 Å². The lowest BCUT2D eigenvalue weighted by Gasteiger charge is -2.58. The van der Waals surface area contributed by atoms with E-state index in [9.17, 15) is 5.11 Å².